The van der Waals surface area contributed by atoms with Crippen LogP contribution in [0.5, 0.6) is 0 Å². The molecule has 2 rings (SSSR count). The lowest BCUT2D eigenvalue weighted by Crippen LogP contribution is -2.40. The molecule has 1 N–H and O–H groups in total. The van der Waals surface area contributed by atoms with Crippen molar-refractivity contribution < 1.29 is 23.1 Å². The van der Waals surface area contributed by atoms with Crippen molar-refractivity contribution in [3.05, 3.63) is 24.0 Å². The van der Waals surface area contributed by atoms with Crippen molar-refractivity contribution >= 4 is 5.97 Å². The quantitative estimate of drug-likeness (QED) is 0.922. The fraction of sp³-hybridized carbons (Fsp3) is 0.583. The van der Waals surface area contributed by atoms with Crippen LogP contribution >= 0.6 is 0 Å². The molecule has 1 aromatic heterocycles. The lowest BCUT2D eigenvalue weighted by Gasteiger charge is -2.33. The first-order valence-electron chi connectivity index (χ1n) is 6.06. The van der Waals surface area contributed by atoms with Gasteiger partial charge in [-0.15, -0.1) is 0 Å². The van der Waals surface area contributed by atoms with Gasteiger partial charge in [0.15, 0.2) is 0 Å². The van der Waals surface area contributed by atoms with E-state index in [-0.39, 0.29) is 11.7 Å². The van der Waals surface area contributed by atoms with Crippen molar-refractivity contribution in [1.82, 2.24) is 9.47 Å². The molecule has 0 atom stereocenters. The van der Waals surface area contributed by atoms with E-state index in [1.165, 1.54) is 11.0 Å². The number of carboxylic acid groups (broad SMARTS) is 1. The van der Waals surface area contributed by atoms with Gasteiger partial charge in [-0.2, -0.15) is 13.2 Å². The smallest absolute Gasteiger partial charge is 0.401 e. The minimum atomic E-state index is -4.17. The topological polar surface area (TPSA) is 45.5 Å². The molecule has 1 saturated heterocycles. The molecule has 0 radical (unpaired) electrons. The van der Waals surface area contributed by atoms with Crippen molar-refractivity contribution in [1.29, 1.82) is 0 Å². The molecule has 2 heterocycles. The average Bonchev–Trinajstić information content (AvgIpc) is 2.76. The highest BCUT2D eigenvalue weighted by molar-refractivity contribution is 5.85. The molecule has 0 spiro atoms. The molecule has 1 aromatic rings. The maximum Gasteiger partial charge on any atom is 0.401 e. The van der Waals surface area contributed by atoms with Crippen molar-refractivity contribution in [2.75, 3.05) is 19.6 Å². The summed E-state index contributed by atoms with van der Waals surface area (Å²) in [5, 5.41) is 9.01. The van der Waals surface area contributed by atoms with Gasteiger partial charge in [0.2, 0.25) is 0 Å². The Balaban J connectivity index is 1.96. The number of likely N-dealkylation sites (tertiary alicyclic amines) is 1. The number of nitrogens with zero attached hydrogens (tertiary/aromatic N) is 2. The molecule has 1 aliphatic heterocycles. The van der Waals surface area contributed by atoms with Gasteiger partial charge in [0.05, 0.1) is 6.54 Å². The number of carbonyl (C=O) groups is 1. The zero-order chi connectivity index (χ0) is 14.0. The number of piperidine rings is 1. The van der Waals surface area contributed by atoms with Gasteiger partial charge < -0.3 is 9.67 Å². The second kappa shape index (κ2) is 5.24. The second-order valence-corrected chi connectivity index (χ2v) is 4.73. The van der Waals surface area contributed by atoms with Crippen LogP contribution in [0.1, 0.15) is 29.4 Å². The number of halogens is 3. The normalized spacial score (nSPS) is 18.7. The van der Waals surface area contributed by atoms with E-state index in [0.717, 1.165) is 0 Å². The molecule has 106 valence electrons. The Kier molecular flexibility index (Phi) is 3.84. The zero-order valence-corrected chi connectivity index (χ0v) is 10.2. The van der Waals surface area contributed by atoms with Crippen molar-refractivity contribution in [3.8, 4) is 0 Å². The SMILES string of the molecule is O=C(O)c1cccn1C1CCN(CC(F)(F)F)CC1. The third kappa shape index (κ3) is 3.50. The Labute approximate surface area is 108 Å². The zero-order valence-electron chi connectivity index (χ0n) is 10.2. The summed E-state index contributed by atoms with van der Waals surface area (Å²) < 4.78 is 38.4. The van der Waals surface area contributed by atoms with E-state index < -0.39 is 18.7 Å². The van der Waals surface area contributed by atoms with Crippen LogP contribution in [0.3, 0.4) is 0 Å². The Morgan fingerprint density at radius 2 is 2.00 bits per heavy atom. The summed E-state index contributed by atoms with van der Waals surface area (Å²) in [6.45, 7) is -0.222. The third-order valence-electron chi connectivity index (χ3n) is 3.35. The highest BCUT2D eigenvalue weighted by Gasteiger charge is 2.33. The summed E-state index contributed by atoms with van der Waals surface area (Å²) in [5.74, 6) is -1.01. The largest absolute Gasteiger partial charge is 0.477 e. The molecule has 7 heteroatoms. The number of alkyl halides is 3. The lowest BCUT2D eigenvalue weighted by atomic mass is 10.0. The number of carboxylic acids is 1. The Bertz CT molecular complexity index is 448. The summed E-state index contributed by atoms with van der Waals surface area (Å²) in [6.07, 6.45) is -1.43. The van der Waals surface area contributed by atoms with Crippen molar-refractivity contribution in [2.24, 2.45) is 0 Å². The van der Waals surface area contributed by atoms with E-state index in [0.29, 0.717) is 25.9 Å². The highest BCUT2D eigenvalue weighted by atomic mass is 19.4. The fourth-order valence-corrected chi connectivity index (χ4v) is 2.50. The van der Waals surface area contributed by atoms with Gasteiger partial charge in [-0.3, -0.25) is 4.90 Å². The van der Waals surface area contributed by atoms with Gasteiger partial charge in [-0.25, -0.2) is 4.79 Å². The number of rotatable bonds is 3. The van der Waals surface area contributed by atoms with Gasteiger partial charge in [-0.1, -0.05) is 0 Å². The summed E-state index contributed by atoms with van der Waals surface area (Å²) in [6, 6.07) is 3.11. The van der Waals surface area contributed by atoms with E-state index in [1.807, 2.05) is 0 Å². The lowest BCUT2D eigenvalue weighted by molar-refractivity contribution is -0.148. The van der Waals surface area contributed by atoms with E-state index in [4.69, 9.17) is 5.11 Å². The Hall–Kier alpha value is -1.50. The molecular formula is C12H15F3N2O2. The van der Waals surface area contributed by atoms with Gasteiger partial charge in [0.25, 0.3) is 0 Å². The van der Waals surface area contributed by atoms with Gasteiger partial charge in [-0.05, 0) is 25.0 Å². The number of aromatic carboxylic acids is 1. The minimum absolute atomic E-state index is 0.0365. The monoisotopic (exact) mass is 276 g/mol. The van der Waals surface area contributed by atoms with Crippen LogP contribution < -0.4 is 0 Å². The summed E-state index contributed by atoms with van der Waals surface area (Å²) in [4.78, 5) is 12.4. The van der Waals surface area contributed by atoms with E-state index >= 15 is 0 Å². The fourth-order valence-electron chi connectivity index (χ4n) is 2.50. The Morgan fingerprint density at radius 1 is 1.37 bits per heavy atom. The van der Waals surface area contributed by atoms with Crippen molar-refractivity contribution in [3.63, 3.8) is 0 Å². The van der Waals surface area contributed by atoms with Gasteiger partial charge in [0.1, 0.15) is 5.69 Å². The molecule has 0 amide bonds. The first-order chi connectivity index (χ1) is 8.87. The molecule has 19 heavy (non-hydrogen) atoms. The number of hydrogen-bond donors (Lipinski definition) is 1. The molecular weight excluding hydrogens is 261 g/mol. The Morgan fingerprint density at radius 3 is 2.53 bits per heavy atom. The molecule has 1 fully saturated rings. The second-order valence-electron chi connectivity index (χ2n) is 4.73. The van der Waals surface area contributed by atoms with Crippen LogP contribution in [0.2, 0.25) is 0 Å². The maximum absolute atomic E-state index is 12.3. The van der Waals surface area contributed by atoms with Gasteiger partial charge in [0, 0.05) is 25.3 Å². The summed E-state index contributed by atoms with van der Waals surface area (Å²) in [5.41, 5.74) is 0.189. The third-order valence-corrected chi connectivity index (χ3v) is 3.35. The standard InChI is InChI=1S/C12H15F3N2O2/c13-12(14,15)8-16-6-3-9(4-7-16)17-5-1-2-10(17)11(18)19/h1-2,5,9H,3-4,6-8H2,(H,18,19). The van der Waals surface area contributed by atoms with E-state index in [1.54, 1.807) is 16.8 Å². The molecule has 0 aliphatic carbocycles. The minimum Gasteiger partial charge on any atom is -0.477 e. The van der Waals surface area contributed by atoms with Crippen LogP contribution in [0.25, 0.3) is 0 Å². The average molecular weight is 276 g/mol. The number of hydrogen-bond acceptors (Lipinski definition) is 2. The first-order valence-corrected chi connectivity index (χ1v) is 6.06. The first kappa shape index (κ1) is 13.9. The van der Waals surface area contributed by atoms with E-state index in [9.17, 15) is 18.0 Å². The van der Waals surface area contributed by atoms with Crippen LogP contribution in [0.15, 0.2) is 18.3 Å². The van der Waals surface area contributed by atoms with Gasteiger partial charge >= 0.3 is 12.1 Å². The predicted molar refractivity (Wildman–Crippen MR) is 62.2 cm³/mol. The van der Waals surface area contributed by atoms with Crippen LogP contribution in [-0.4, -0.2) is 46.4 Å². The number of aromatic nitrogens is 1. The van der Waals surface area contributed by atoms with Crippen LogP contribution in [0, 0.1) is 0 Å². The highest BCUT2D eigenvalue weighted by Crippen LogP contribution is 2.26. The van der Waals surface area contributed by atoms with Crippen LogP contribution in [-0.2, 0) is 0 Å². The molecule has 0 aromatic carbocycles. The van der Waals surface area contributed by atoms with Crippen molar-refractivity contribution in [2.45, 2.75) is 25.1 Å². The molecule has 4 nitrogen and oxygen atoms in total. The summed E-state index contributed by atoms with van der Waals surface area (Å²) >= 11 is 0. The maximum atomic E-state index is 12.3. The summed E-state index contributed by atoms with van der Waals surface area (Å²) in [7, 11) is 0. The molecule has 0 bridgehead atoms. The molecule has 0 saturated carbocycles. The predicted octanol–water partition coefficient (Wildman–Crippen LogP) is 2.39. The van der Waals surface area contributed by atoms with Crippen LogP contribution in [0.4, 0.5) is 13.2 Å². The molecule has 1 aliphatic rings. The molecule has 0 unspecified atom stereocenters. The van der Waals surface area contributed by atoms with E-state index in [2.05, 4.69) is 0 Å².